The number of carbonyl (C=O) groups is 1. The Kier molecular flexibility index (Phi) is 3.54. The first-order valence-corrected chi connectivity index (χ1v) is 10.1. The molecule has 0 amide bonds. The van der Waals surface area contributed by atoms with E-state index < -0.39 is 28.2 Å². The van der Waals surface area contributed by atoms with Gasteiger partial charge >= 0.3 is 0 Å². The van der Waals surface area contributed by atoms with Gasteiger partial charge in [0.1, 0.15) is 16.4 Å². The molecular weight excluding hydrogens is 384 g/mol. The minimum atomic E-state index is -1.12. The molecule has 3 heterocycles. The van der Waals surface area contributed by atoms with Crippen molar-refractivity contribution in [2.75, 3.05) is 4.90 Å². The van der Waals surface area contributed by atoms with Gasteiger partial charge in [-0.15, -0.1) is 0 Å². The molecule has 0 aromatic carbocycles. The molecule has 28 heavy (non-hydrogen) atoms. The minimum absolute atomic E-state index is 0.111. The van der Waals surface area contributed by atoms with E-state index in [1.165, 1.54) is 12.3 Å². The zero-order valence-electron chi connectivity index (χ0n) is 15.5. The summed E-state index contributed by atoms with van der Waals surface area (Å²) in [5.74, 6) is -1.31. The highest BCUT2D eigenvalue weighted by molar-refractivity contribution is 7.10. The van der Waals surface area contributed by atoms with Gasteiger partial charge in [-0.2, -0.15) is 4.39 Å². The fraction of sp³-hybridized carbons (Fsp3) is 0.450. The predicted molar refractivity (Wildman–Crippen MR) is 104 cm³/mol. The molecule has 2 aliphatic carbocycles. The van der Waals surface area contributed by atoms with Crippen LogP contribution >= 0.6 is 11.5 Å². The molecule has 0 saturated heterocycles. The van der Waals surface area contributed by atoms with Gasteiger partial charge < -0.3 is 4.90 Å². The van der Waals surface area contributed by atoms with Crippen molar-refractivity contribution >= 4 is 28.5 Å². The second kappa shape index (κ2) is 5.59. The number of H-pyrrole nitrogens is 1. The number of ketones is 1. The van der Waals surface area contributed by atoms with Gasteiger partial charge in [0.05, 0.1) is 5.41 Å². The first-order chi connectivity index (χ1) is 13.2. The number of allylic oxidation sites excluding steroid dienone is 5. The maximum absolute atomic E-state index is 15.3. The molecule has 0 bridgehead atoms. The number of hydrogen-bond donors (Lipinski definition) is 1. The number of nitrogens with one attached hydrogen (secondary N) is 1. The van der Waals surface area contributed by atoms with Crippen LogP contribution in [0.1, 0.15) is 49.9 Å². The summed E-state index contributed by atoms with van der Waals surface area (Å²) >= 11 is 1.16. The Hall–Kier alpha value is -2.35. The molecule has 5 rings (SSSR count). The van der Waals surface area contributed by atoms with Crippen molar-refractivity contribution in [3.63, 3.8) is 0 Å². The molecule has 1 fully saturated rings. The Balaban J connectivity index is 1.69. The summed E-state index contributed by atoms with van der Waals surface area (Å²) in [6.45, 7) is 3.53. The van der Waals surface area contributed by atoms with E-state index in [-0.39, 0.29) is 23.8 Å². The molecule has 0 radical (unpaired) electrons. The maximum atomic E-state index is 15.3. The second-order valence-corrected chi connectivity index (χ2v) is 9.20. The number of Topliss-reactive ketones (excluding diaryl/α,β-unsaturated/α-hetero) is 1. The van der Waals surface area contributed by atoms with Crippen LogP contribution in [0.15, 0.2) is 45.0 Å². The highest BCUT2D eigenvalue weighted by atomic mass is 32.1. The van der Waals surface area contributed by atoms with Crippen LogP contribution in [0.3, 0.4) is 0 Å². The van der Waals surface area contributed by atoms with Crippen LogP contribution in [0.4, 0.5) is 13.8 Å². The number of carbonyl (C=O) groups excluding carboxylic acids is 1. The number of fused-ring (bicyclic) bond motifs is 2. The van der Waals surface area contributed by atoms with E-state index in [0.29, 0.717) is 17.0 Å². The smallest absolute Gasteiger partial charge is 0.271 e. The fourth-order valence-corrected chi connectivity index (χ4v) is 5.33. The van der Waals surface area contributed by atoms with E-state index in [2.05, 4.69) is 9.37 Å². The second-order valence-electron chi connectivity index (χ2n) is 8.41. The molecule has 0 spiro atoms. The van der Waals surface area contributed by atoms with Crippen molar-refractivity contribution in [3.8, 4) is 0 Å². The largest absolute Gasteiger partial charge is 0.331 e. The quantitative estimate of drug-likeness (QED) is 0.744. The molecule has 1 N–H and O–H groups in total. The molecule has 2 atom stereocenters. The summed E-state index contributed by atoms with van der Waals surface area (Å²) in [6, 6.07) is 0.205. The zero-order chi connectivity index (χ0) is 19.8. The topological polar surface area (TPSA) is 65.5 Å². The number of aromatic amines is 1. The fourth-order valence-electron chi connectivity index (χ4n) is 4.41. The van der Waals surface area contributed by atoms with E-state index >= 15 is 4.39 Å². The average Bonchev–Trinajstić information content (AvgIpc) is 3.41. The molecule has 2 aliphatic heterocycles. The lowest BCUT2D eigenvalue weighted by Gasteiger charge is -2.45. The number of aromatic nitrogens is 1. The molecule has 1 aromatic heterocycles. The van der Waals surface area contributed by atoms with Gasteiger partial charge in [-0.25, -0.2) is 9.38 Å². The Labute approximate surface area is 164 Å². The molecule has 4 aliphatic rings. The lowest BCUT2D eigenvalue weighted by atomic mass is 9.66. The number of rotatable bonds is 2. The molecular formula is C20H19F2N3O2S. The van der Waals surface area contributed by atoms with E-state index in [4.69, 9.17) is 0 Å². The summed E-state index contributed by atoms with van der Waals surface area (Å²) in [5, 5.41) is 0.622. The van der Waals surface area contributed by atoms with Crippen molar-refractivity contribution in [3.05, 3.63) is 51.1 Å². The van der Waals surface area contributed by atoms with Crippen molar-refractivity contribution in [2.24, 2.45) is 15.8 Å². The van der Waals surface area contributed by atoms with Crippen LogP contribution < -0.4 is 10.5 Å². The molecule has 146 valence electrons. The Morgan fingerprint density at radius 2 is 2.04 bits per heavy atom. The van der Waals surface area contributed by atoms with E-state index in [1.807, 2.05) is 11.8 Å². The number of aliphatic imine (C=N–C) groups is 1. The van der Waals surface area contributed by atoms with Gasteiger partial charge in [-0.05, 0) is 55.4 Å². The van der Waals surface area contributed by atoms with Crippen molar-refractivity contribution in [1.29, 1.82) is 0 Å². The van der Waals surface area contributed by atoms with Crippen molar-refractivity contribution in [1.82, 2.24) is 4.37 Å². The van der Waals surface area contributed by atoms with E-state index in [0.717, 1.165) is 30.1 Å². The lowest BCUT2D eigenvalue weighted by molar-refractivity contribution is 0.0834. The number of hydrogen-bond acceptors (Lipinski definition) is 5. The standard InChI is InChI=1S/C20H19F2N3O2S/c1-19(6-5-14(22)23-9-19)11-7-13-20(2,8-12(11)21)16(26)15-17(27)24-28-18(15)25(13)10-3-4-10/h5,7,9-10H,3-4,6,8H2,1-2H3,(H,24,27). The summed E-state index contributed by atoms with van der Waals surface area (Å²) in [6.07, 6.45) is 6.65. The normalized spacial score (nSPS) is 32.1. The third-order valence-electron chi connectivity index (χ3n) is 6.23. The van der Waals surface area contributed by atoms with Gasteiger partial charge in [-0.1, -0.05) is 6.92 Å². The summed E-state index contributed by atoms with van der Waals surface area (Å²) < 4.78 is 31.4. The Morgan fingerprint density at radius 3 is 2.68 bits per heavy atom. The van der Waals surface area contributed by atoms with Crippen LogP contribution in [0.2, 0.25) is 0 Å². The monoisotopic (exact) mass is 403 g/mol. The van der Waals surface area contributed by atoms with E-state index in [1.54, 1.807) is 13.0 Å². The van der Waals surface area contributed by atoms with Crippen LogP contribution in [0.5, 0.6) is 0 Å². The summed E-state index contributed by atoms with van der Waals surface area (Å²) in [5.41, 5.74) is -1.01. The number of anilines is 1. The highest BCUT2D eigenvalue weighted by Crippen LogP contribution is 2.55. The Morgan fingerprint density at radius 1 is 1.29 bits per heavy atom. The molecule has 1 aromatic rings. The van der Waals surface area contributed by atoms with Crippen LogP contribution in [-0.4, -0.2) is 22.4 Å². The van der Waals surface area contributed by atoms with Crippen molar-refractivity contribution in [2.45, 2.75) is 45.6 Å². The van der Waals surface area contributed by atoms with Gasteiger partial charge in [0.15, 0.2) is 5.78 Å². The molecule has 5 nitrogen and oxygen atoms in total. The van der Waals surface area contributed by atoms with Crippen LogP contribution in [0.25, 0.3) is 0 Å². The maximum Gasteiger partial charge on any atom is 0.271 e. The minimum Gasteiger partial charge on any atom is -0.331 e. The van der Waals surface area contributed by atoms with Gasteiger partial charge in [0.25, 0.3) is 5.56 Å². The molecule has 2 unspecified atom stereocenters. The first kappa shape index (κ1) is 17.7. The Bertz CT molecular complexity index is 1090. The zero-order valence-corrected chi connectivity index (χ0v) is 16.3. The average molecular weight is 403 g/mol. The third kappa shape index (κ3) is 2.30. The van der Waals surface area contributed by atoms with E-state index in [9.17, 15) is 14.0 Å². The SMILES string of the molecule is CC1(C2=C(F)CC3(C)C(=O)c4c(s[nH]c4=O)N(C4CC4)C3=C2)C=NC(F)=CC1. The van der Waals surface area contributed by atoms with Gasteiger partial charge in [0, 0.05) is 29.8 Å². The van der Waals surface area contributed by atoms with Crippen molar-refractivity contribution < 1.29 is 13.6 Å². The van der Waals surface area contributed by atoms with Crippen LogP contribution in [-0.2, 0) is 0 Å². The molecule has 1 saturated carbocycles. The summed E-state index contributed by atoms with van der Waals surface area (Å²) in [7, 11) is 0. The van der Waals surface area contributed by atoms with Gasteiger partial charge in [0.2, 0.25) is 5.95 Å². The lowest BCUT2D eigenvalue weighted by Crippen LogP contribution is -2.48. The van der Waals surface area contributed by atoms with Gasteiger partial charge in [-0.3, -0.25) is 14.0 Å². The molecule has 8 heteroatoms. The van der Waals surface area contributed by atoms with Crippen LogP contribution in [0, 0.1) is 10.8 Å². The highest BCUT2D eigenvalue weighted by Gasteiger charge is 2.54. The predicted octanol–water partition coefficient (Wildman–Crippen LogP) is 4.41. The third-order valence-corrected chi connectivity index (χ3v) is 7.11. The summed E-state index contributed by atoms with van der Waals surface area (Å²) in [4.78, 5) is 31.3. The number of nitrogens with zero attached hydrogens (tertiary/aromatic N) is 2. The first-order valence-electron chi connectivity index (χ1n) is 9.32. The number of halogens is 2.